The van der Waals surface area contributed by atoms with Crippen LogP contribution in [0.5, 0.6) is 0 Å². The number of aromatic nitrogens is 2. The minimum Gasteiger partial charge on any atom is -0.382 e. The number of benzene rings is 1. The zero-order chi connectivity index (χ0) is 17.8. The molecular formula is C16H15BrClFN4O2. The van der Waals surface area contributed by atoms with Gasteiger partial charge in [0, 0.05) is 25.7 Å². The van der Waals surface area contributed by atoms with E-state index in [-0.39, 0.29) is 22.9 Å². The maximum absolute atomic E-state index is 13.9. The van der Waals surface area contributed by atoms with Gasteiger partial charge in [-0.1, -0.05) is 22.8 Å². The average Bonchev–Trinajstić information content (AvgIpc) is 3.21. The van der Waals surface area contributed by atoms with E-state index in [1.165, 1.54) is 12.1 Å². The number of nitrogens with zero attached hydrogens (tertiary/aromatic N) is 3. The number of oxime groups is 1. The Bertz CT molecular complexity index is 791. The lowest BCUT2D eigenvalue weighted by atomic mass is 10.0. The van der Waals surface area contributed by atoms with Crippen LogP contribution in [0.1, 0.15) is 18.4 Å². The van der Waals surface area contributed by atoms with Crippen molar-refractivity contribution in [3.8, 4) is 0 Å². The van der Waals surface area contributed by atoms with Crippen LogP contribution in [0.2, 0.25) is 5.02 Å². The van der Waals surface area contributed by atoms with Gasteiger partial charge in [-0.15, -0.1) is 0 Å². The Morgan fingerprint density at radius 1 is 1.52 bits per heavy atom. The second-order valence-corrected chi connectivity index (χ2v) is 6.82. The third-order valence-corrected chi connectivity index (χ3v) is 4.40. The van der Waals surface area contributed by atoms with Gasteiger partial charge in [0.15, 0.2) is 0 Å². The largest absolute Gasteiger partial charge is 0.382 e. The van der Waals surface area contributed by atoms with Crippen molar-refractivity contribution in [3.05, 3.63) is 51.5 Å². The number of halogens is 3. The van der Waals surface area contributed by atoms with Crippen molar-refractivity contribution in [2.75, 3.05) is 6.54 Å². The molecule has 25 heavy (non-hydrogen) atoms. The highest BCUT2D eigenvalue weighted by molar-refractivity contribution is 9.10. The van der Waals surface area contributed by atoms with Crippen molar-refractivity contribution >= 4 is 39.1 Å². The fraction of sp³-hybridized carbons (Fsp3) is 0.312. The van der Waals surface area contributed by atoms with Crippen molar-refractivity contribution in [2.24, 2.45) is 5.16 Å². The van der Waals surface area contributed by atoms with E-state index in [9.17, 15) is 9.18 Å². The standard InChI is InChI=1S/C16H15BrClFN4O2/c17-10-8-21-23(9-10)6-2-5-20-16(24)14-7-13(22-25-14)15-11(18)3-1-4-12(15)19/h1,3-4,8-9,14H,2,5-7H2,(H,20,24). The Balaban J connectivity index is 1.47. The van der Waals surface area contributed by atoms with Gasteiger partial charge in [-0.25, -0.2) is 4.39 Å². The quantitative estimate of drug-likeness (QED) is 0.717. The number of nitrogens with one attached hydrogen (secondary N) is 1. The van der Waals surface area contributed by atoms with E-state index in [4.69, 9.17) is 16.4 Å². The van der Waals surface area contributed by atoms with E-state index in [0.717, 1.165) is 10.9 Å². The molecule has 0 aliphatic carbocycles. The van der Waals surface area contributed by atoms with Gasteiger partial charge in [-0.2, -0.15) is 5.10 Å². The molecule has 0 radical (unpaired) electrons. The number of rotatable bonds is 6. The lowest BCUT2D eigenvalue weighted by Crippen LogP contribution is -2.35. The molecule has 3 rings (SSSR count). The van der Waals surface area contributed by atoms with Gasteiger partial charge in [0.2, 0.25) is 6.10 Å². The normalized spacial score (nSPS) is 16.4. The summed E-state index contributed by atoms with van der Waals surface area (Å²) in [4.78, 5) is 17.3. The first-order valence-corrected chi connectivity index (χ1v) is 8.84. The van der Waals surface area contributed by atoms with E-state index in [1.54, 1.807) is 16.9 Å². The topological polar surface area (TPSA) is 68.5 Å². The van der Waals surface area contributed by atoms with Gasteiger partial charge >= 0.3 is 0 Å². The fourth-order valence-corrected chi connectivity index (χ4v) is 3.07. The predicted octanol–water partition coefficient (Wildman–Crippen LogP) is 3.14. The molecule has 1 amide bonds. The molecule has 0 bridgehead atoms. The first-order chi connectivity index (χ1) is 12.0. The molecule has 9 heteroatoms. The zero-order valence-electron chi connectivity index (χ0n) is 13.1. The molecule has 1 atom stereocenters. The Morgan fingerprint density at radius 3 is 3.08 bits per heavy atom. The minimum atomic E-state index is -0.774. The van der Waals surface area contributed by atoms with Crippen molar-refractivity contribution in [3.63, 3.8) is 0 Å². The van der Waals surface area contributed by atoms with Gasteiger partial charge in [-0.05, 0) is 34.5 Å². The molecule has 6 nitrogen and oxygen atoms in total. The average molecular weight is 430 g/mol. The summed E-state index contributed by atoms with van der Waals surface area (Å²) in [6.07, 6.45) is 3.69. The number of carbonyl (C=O) groups is 1. The van der Waals surface area contributed by atoms with Crippen molar-refractivity contribution in [1.29, 1.82) is 0 Å². The van der Waals surface area contributed by atoms with Crippen LogP contribution >= 0.6 is 27.5 Å². The Morgan fingerprint density at radius 2 is 2.36 bits per heavy atom. The molecule has 0 spiro atoms. The van der Waals surface area contributed by atoms with Crippen molar-refractivity contribution in [1.82, 2.24) is 15.1 Å². The van der Waals surface area contributed by atoms with Crippen LogP contribution in [0, 0.1) is 5.82 Å². The van der Waals surface area contributed by atoms with Crippen LogP contribution in [0.25, 0.3) is 0 Å². The number of amides is 1. The maximum Gasteiger partial charge on any atom is 0.264 e. The molecule has 1 aromatic carbocycles. The van der Waals surface area contributed by atoms with Crippen LogP contribution in [0.3, 0.4) is 0 Å². The van der Waals surface area contributed by atoms with Crippen LogP contribution in [0.15, 0.2) is 40.2 Å². The second-order valence-electron chi connectivity index (χ2n) is 5.50. The van der Waals surface area contributed by atoms with Crippen LogP contribution in [-0.2, 0) is 16.2 Å². The molecule has 1 aromatic heterocycles. The lowest BCUT2D eigenvalue weighted by Gasteiger charge is -2.09. The Kier molecular flexibility index (Phi) is 5.70. The zero-order valence-corrected chi connectivity index (χ0v) is 15.4. The molecule has 1 unspecified atom stereocenters. The molecule has 0 saturated heterocycles. The molecule has 2 aromatic rings. The van der Waals surface area contributed by atoms with E-state index >= 15 is 0 Å². The Hall–Kier alpha value is -1.93. The molecule has 1 aliphatic heterocycles. The summed E-state index contributed by atoms with van der Waals surface area (Å²) in [6.45, 7) is 1.16. The van der Waals surface area contributed by atoms with E-state index in [0.29, 0.717) is 18.8 Å². The lowest BCUT2D eigenvalue weighted by molar-refractivity contribution is -0.131. The highest BCUT2D eigenvalue weighted by Gasteiger charge is 2.30. The number of hydrogen-bond acceptors (Lipinski definition) is 4. The SMILES string of the molecule is O=C(NCCCn1cc(Br)cn1)C1CC(c2c(F)cccc2Cl)=NO1. The maximum atomic E-state index is 13.9. The van der Waals surface area contributed by atoms with E-state index < -0.39 is 11.9 Å². The number of hydrogen-bond donors (Lipinski definition) is 1. The van der Waals surface area contributed by atoms with Gasteiger partial charge in [0.25, 0.3) is 5.91 Å². The highest BCUT2D eigenvalue weighted by atomic mass is 79.9. The summed E-state index contributed by atoms with van der Waals surface area (Å²) < 4.78 is 16.6. The molecule has 1 aliphatic rings. The molecule has 2 heterocycles. The summed E-state index contributed by atoms with van der Waals surface area (Å²) in [6, 6.07) is 4.38. The summed E-state index contributed by atoms with van der Waals surface area (Å²) in [5.74, 6) is -0.769. The second kappa shape index (κ2) is 7.97. The van der Waals surface area contributed by atoms with Crippen LogP contribution < -0.4 is 5.32 Å². The number of aryl methyl sites for hydroxylation is 1. The van der Waals surface area contributed by atoms with Crippen LogP contribution in [-0.4, -0.2) is 34.0 Å². The van der Waals surface area contributed by atoms with Crippen molar-refractivity contribution < 1.29 is 14.0 Å². The summed E-state index contributed by atoms with van der Waals surface area (Å²) >= 11 is 9.34. The van der Waals surface area contributed by atoms with Gasteiger partial charge in [0.1, 0.15) is 5.82 Å². The van der Waals surface area contributed by atoms with E-state index in [2.05, 4.69) is 31.5 Å². The van der Waals surface area contributed by atoms with Gasteiger partial charge in [0.05, 0.1) is 27.0 Å². The fourth-order valence-electron chi connectivity index (χ4n) is 2.47. The highest BCUT2D eigenvalue weighted by Crippen LogP contribution is 2.25. The first-order valence-electron chi connectivity index (χ1n) is 7.67. The smallest absolute Gasteiger partial charge is 0.264 e. The van der Waals surface area contributed by atoms with Crippen LogP contribution in [0.4, 0.5) is 4.39 Å². The number of carbonyl (C=O) groups excluding carboxylic acids is 1. The Labute approximate surface area is 157 Å². The monoisotopic (exact) mass is 428 g/mol. The summed E-state index contributed by atoms with van der Waals surface area (Å²) in [5, 5.41) is 11.0. The summed E-state index contributed by atoms with van der Waals surface area (Å²) in [7, 11) is 0. The van der Waals surface area contributed by atoms with Crippen molar-refractivity contribution in [2.45, 2.75) is 25.5 Å². The molecule has 0 fully saturated rings. The molecule has 132 valence electrons. The molecule has 1 N–H and O–H groups in total. The molecular weight excluding hydrogens is 415 g/mol. The van der Waals surface area contributed by atoms with Gasteiger partial charge in [-0.3, -0.25) is 9.48 Å². The predicted molar refractivity (Wildman–Crippen MR) is 95.0 cm³/mol. The third-order valence-electron chi connectivity index (χ3n) is 3.68. The minimum absolute atomic E-state index is 0.179. The van der Waals surface area contributed by atoms with Gasteiger partial charge < -0.3 is 10.2 Å². The molecule has 0 saturated carbocycles. The third kappa shape index (κ3) is 4.38. The first kappa shape index (κ1) is 17.9. The summed E-state index contributed by atoms with van der Waals surface area (Å²) in [5.41, 5.74) is 0.522. The van der Waals surface area contributed by atoms with E-state index in [1.807, 2.05) is 6.20 Å².